The molecule has 1 aromatic rings. The highest BCUT2D eigenvalue weighted by Gasteiger charge is 2.13. The molecule has 2 N–H and O–H groups in total. The Morgan fingerprint density at radius 3 is 2.88 bits per heavy atom. The number of anilines is 1. The number of carbonyl (C=O) groups excluding carboxylic acids is 1. The van der Waals surface area contributed by atoms with Crippen molar-refractivity contribution in [1.82, 2.24) is 9.97 Å². The van der Waals surface area contributed by atoms with E-state index >= 15 is 0 Å². The van der Waals surface area contributed by atoms with Crippen LogP contribution in [-0.4, -0.2) is 40.3 Å². The second-order valence-electron chi connectivity index (χ2n) is 3.01. The van der Waals surface area contributed by atoms with Crippen LogP contribution in [-0.2, 0) is 4.74 Å². The lowest BCUT2D eigenvalue weighted by atomic mass is 10.3. The van der Waals surface area contributed by atoms with Crippen LogP contribution in [0.15, 0.2) is 11.4 Å². The van der Waals surface area contributed by atoms with Gasteiger partial charge in [0.2, 0.25) is 0 Å². The molecule has 0 atom stereocenters. The third kappa shape index (κ3) is 4.43. The van der Waals surface area contributed by atoms with Crippen LogP contribution in [0.3, 0.4) is 0 Å². The Morgan fingerprint density at radius 1 is 1.53 bits per heavy atom. The number of ether oxygens (including phenoxy) is 1. The fraction of sp³-hybridized carbons (Fsp3) is 0.500. The second kappa shape index (κ2) is 7.39. The Kier molecular flexibility index (Phi) is 6.13. The Bertz CT molecular complexity index is 388. The first-order valence-corrected chi connectivity index (χ1v) is 7.48. The standard InChI is InChI=1S/C10H15N3O2S2/c1-3-15-9(14)7-6-12-10(13-8(7)11)17-5-4-16-2/h6H,3-5H2,1-2H3,(H2,11,12,13). The smallest absolute Gasteiger partial charge is 0.343 e. The summed E-state index contributed by atoms with van der Waals surface area (Å²) in [5, 5.41) is 0.588. The number of thioether (sulfide) groups is 2. The van der Waals surface area contributed by atoms with Gasteiger partial charge in [-0.25, -0.2) is 14.8 Å². The van der Waals surface area contributed by atoms with E-state index in [1.807, 2.05) is 6.26 Å². The molecule has 0 aliphatic carbocycles. The molecule has 7 heteroatoms. The van der Waals surface area contributed by atoms with E-state index in [2.05, 4.69) is 9.97 Å². The lowest BCUT2D eigenvalue weighted by Crippen LogP contribution is -2.10. The molecule has 1 heterocycles. The number of nitrogen functional groups attached to an aromatic ring is 1. The average Bonchev–Trinajstić information content (AvgIpc) is 2.29. The van der Waals surface area contributed by atoms with Crippen LogP contribution in [0, 0.1) is 0 Å². The van der Waals surface area contributed by atoms with Crippen molar-refractivity contribution in [2.75, 3.05) is 30.1 Å². The summed E-state index contributed by atoms with van der Waals surface area (Å²) in [6, 6.07) is 0. The zero-order chi connectivity index (χ0) is 12.7. The summed E-state index contributed by atoms with van der Waals surface area (Å²) in [6.07, 6.45) is 3.46. The number of aromatic nitrogens is 2. The van der Waals surface area contributed by atoms with E-state index in [1.54, 1.807) is 18.7 Å². The summed E-state index contributed by atoms with van der Waals surface area (Å²) in [7, 11) is 0. The topological polar surface area (TPSA) is 78.1 Å². The monoisotopic (exact) mass is 273 g/mol. The number of carbonyl (C=O) groups is 1. The van der Waals surface area contributed by atoms with Crippen LogP contribution >= 0.6 is 23.5 Å². The van der Waals surface area contributed by atoms with Gasteiger partial charge < -0.3 is 10.5 Å². The quantitative estimate of drug-likeness (QED) is 0.366. The lowest BCUT2D eigenvalue weighted by molar-refractivity contribution is 0.0526. The molecule has 0 saturated heterocycles. The molecule has 0 saturated carbocycles. The van der Waals surface area contributed by atoms with Crippen molar-refractivity contribution in [3.05, 3.63) is 11.8 Å². The fourth-order valence-corrected chi connectivity index (χ4v) is 2.50. The first-order chi connectivity index (χ1) is 8.19. The summed E-state index contributed by atoms with van der Waals surface area (Å²) in [6.45, 7) is 2.05. The first-order valence-electron chi connectivity index (χ1n) is 5.10. The molecule has 0 aliphatic heterocycles. The first kappa shape index (κ1) is 14.1. The number of hydrogen-bond donors (Lipinski definition) is 1. The van der Waals surface area contributed by atoms with Gasteiger partial charge in [-0.05, 0) is 13.2 Å². The maximum Gasteiger partial charge on any atom is 0.343 e. The van der Waals surface area contributed by atoms with E-state index in [4.69, 9.17) is 10.5 Å². The largest absolute Gasteiger partial charge is 0.462 e. The predicted molar refractivity (Wildman–Crippen MR) is 71.5 cm³/mol. The van der Waals surface area contributed by atoms with Crippen molar-refractivity contribution >= 4 is 35.3 Å². The van der Waals surface area contributed by atoms with Crippen LogP contribution in [0.5, 0.6) is 0 Å². The number of esters is 1. The third-order valence-corrected chi connectivity index (χ3v) is 3.54. The van der Waals surface area contributed by atoms with Crippen LogP contribution in [0.2, 0.25) is 0 Å². The Hall–Kier alpha value is -0.950. The second-order valence-corrected chi connectivity index (χ2v) is 5.06. The lowest BCUT2D eigenvalue weighted by Gasteiger charge is -2.05. The van der Waals surface area contributed by atoms with Gasteiger partial charge in [0.25, 0.3) is 0 Å². The highest BCUT2D eigenvalue weighted by atomic mass is 32.2. The summed E-state index contributed by atoms with van der Waals surface area (Å²) in [4.78, 5) is 19.6. The number of nitrogens with zero attached hydrogens (tertiary/aromatic N) is 2. The van der Waals surface area contributed by atoms with Gasteiger partial charge in [-0.3, -0.25) is 0 Å². The SMILES string of the molecule is CCOC(=O)c1cnc(SCCSC)nc1N. The molecular weight excluding hydrogens is 258 g/mol. The molecule has 1 aromatic heterocycles. The minimum Gasteiger partial charge on any atom is -0.462 e. The molecule has 0 spiro atoms. The molecule has 0 fully saturated rings. The Balaban J connectivity index is 2.68. The van der Waals surface area contributed by atoms with Gasteiger partial charge in [-0.15, -0.1) is 0 Å². The van der Waals surface area contributed by atoms with Crippen molar-refractivity contribution in [3.8, 4) is 0 Å². The molecule has 0 unspecified atom stereocenters. The molecular formula is C10H15N3O2S2. The van der Waals surface area contributed by atoms with Crippen molar-refractivity contribution in [2.45, 2.75) is 12.1 Å². The van der Waals surface area contributed by atoms with Crippen LogP contribution < -0.4 is 5.73 Å². The fourth-order valence-electron chi connectivity index (χ4n) is 1.03. The van der Waals surface area contributed by atoms with Crippen LogP contribution in [0.1, 0.15) is 17.3 Å². The average molecular weight is 273 g/mol. The maximum absolute atomic E-state index is 11.4. The molecule has 17 heavy (non-hydrogen) atoms. The molecule has 1 rings (SSSR count). The molecule has 94 valence electrons. The van der Waals surface area contributed by atoms with Gasteiger partial charge in [0.15, 0.2) is 5.16 Å². The highest BCUT2D eigenvalue weighted by molar-refractivity contribution is 8.02. The van der Waals surface area contributed by atoms with Gasteiger partial charge in [-0.1, -0.05) is 11.8 Å². The van der Waals surface area contributed by atoms with Crippen molar-refractivity contribution in [2.24, 2.45) is 0 Å². The van der Waals surface area contributed by atoms with Gasteiger partial charge in [-0.2, -0.15) is 11.8 Å². The Labute approximate surface area is 109 Å². The number of nitrogens with two attached hydrogens (primary N) is 1. The van der Waals surface area contributed by atoms with E-state index in [0.29, 0.717) is 11.8 Å². The molecule has 0 bridgehead atoms. The molecule has 0 aliphatic rings. The van der Waals surface area contributed by atoms with E-state index in [9.17, 15) is 4.79 Å². The molecule has 0 radical (unpaired) electrons. The van der Waals surface area contributed by atoms with Crippen LogP contribution in [0.4, 0.5) is 5.82 Å². The summed E-state index contributed by atoms with van der Waals surface area (Å²) >= 11 is 3.28. The third-order valence-electron chi connectivity index (χ3n) is 1.81. The Morgan fingerprint density at radius 2 is 2.29 bits per heavy atom. The van der Waals surface area contributed by atoms with Crippen LogP contribution in [0.25, 0.3) is 0 Å². The maximum atomic E-state index is 11.4. The minimum atomic E-state index is -0.481. The zero-order valence-corrected chi connectivity index (χ0v) is 11.4. The minimum absolute atomic E-state index is 0.171. The molecule has 0 amide bonds. The van der Waals surface area contributed by atoms with E-state index in [0.717, 1.165) is 11.5 Å². The van der Waals surface area contributed by atoms with Crippen molar-refractivity contribution < 1.29 is 9.53 Å². The molecule has 0 aromatic carbocycles. The summed E-state index contributed by atoms with van der Waals surface area (Å²) < 4.78 is 4.84. The zero-order valence-electron chi connectivity index (χ0n) is 9.80. The van der Waals surface area contributed by atoms with Gasteiger partial charge in [0, 0.05) is 17.7 Å². The van der Waals surface area contributed by atoms with Crippen molar-refractivity contribution in [1.29, 1.82) is 0 Å². The van der Waals surface area contributed by atoms with Gasteiger partial charge >= 0.3 is 5.97 Å². The highest BCUT2D eigenvalue weighted by Crippen LogP contribution is 2.17. The van der Waals surface area contributed by atoms with Crippen molar-refractivity contribution in [3.63, 3.8) is 0 Å². The summed E-state index contributed by atoms with van der Waals surface area (Å²) in [5.41, 5.74) is 5.91. The van der Waals surface area contributed by atoms with Gasteiger partial charge in [0.05, 0.1) is 6.61 Å². The normalized spacial score (nSPS) is 10.2. The van der Waals surface area contributed by atoms with E-state index < -0.39 is 5.97 Å². The van der Waals surface area contributed by atoms with E-state index in [-0.39, 0.29) is 11.4 Å². The predicted octanol–water partition coefficient (Wildman–Crippen LogP) is 1.69. The van der Waals surface area contributed by atoms with Gasteiger partial charge in [0.1, 0.15) is 11.4 Å². The number of rotatable bonds is 6. The molecule has 5 nitrogen and oxygen atoms in total. The number of hydrogen-bond acceptors (Lipinski definition) is 7. The summed E-state index contributed by atoms with van der Waals surface area (Å²) in [5.74, 6) is 1.63. The van der Waals surface area contributed by atoms with E-state index in [1.165, 1.54) is 18.0 Å².